The van der Waals surface area contributed by atoms with Gasteiger partial charge in [0.2, 0.25) is 0 Å². The van der Waals surface area contributed by atoms with Gasteiger partial charge in [-0.15, -0.1) is 0 Å². The highest BCUT2D eigenvalue weighted by Gasteiger charge is 2.29. The highest BCUT2D eigenvalue weighted by Crippen LogP contribution is 2.26. The Labute approximate surface area is 82.3 Å². The van der Waals surface area contributed by atoms with E-state index < -0.39 is 10.8 Å². The summed E-state index contributed by atoms with van der Waals surface area (Å²) in [7, 11) is 1.60. The molecule has 1 aliphatic heterocycles. The molecule has 1 unspecified atom stereocenters. The zero-order valence-corrected chi connectivity index (χ0v) is 8.98. The van der Waals surface area contributed by atoms with Gasteiger partial charge in [-0.25, -0.2) is 0 Å². The molecule has 1 heterocycles. The molecule has 76 valence electrons. The highest BCUT2D eigenvalue weighted by molar-refractivity contribution is 7.85. The minimum absolute atomic E-state index is 0.538. The van der Waals surface area contributed by atoms with Crippen LogP contribution in [0.25, 0.3) is 0 Å². The molecular weight excluding hydrogens is 184 g/mol. The molecule has 0 radical (unpaired) electrons. The second-order valence-electron chi connectivity index (χ2n) is 4.08. The first-order valence-electron chi connectivity index (χ1n) is 5.05. The molecule has 3 nitrogen and oxygen atoms in total. The minimum atomic E-state index is -0.538. The molecule has 1 aliphatic carbocycles. The van der Waals surface area contributed by atoms with Crippen molar-refractivity contribution in [3.8, 4) is 0 Å². The second kappa shape index (κ2) is 4.07. The van der Waals surface area contributed by atoms with E-state index in [9.17, 15) is 4.21 Å². The quantitative estimate of drug-likeness (QED) is 0.670. The van der Waals surface area contributed by atoms with E-state index in [2.05, 4.69) is 17.3 Å². The Kier molecular flexibility index (Phi) is 3.01. The number of likely N-dealkylation sites (N-methyl/N-ethyl adjacent to an activating group) is 1. The average Bonchev–Trinajstić information content (AvgIpc) is 2.78. The second-order valence-corrected chi connectivity index (χ2v) is 5.91. The molecule has 0 bridgehead atoms. The largest absolute Gasteiger partial charge is 0.314 e. The fourth-order valence-electron chi connectivity index (χ4n) is 1.50. The first kappa shape index (κ1) is 9.62. The van der Waals surface area contributed by atoms with Crippen LogP contribution in [0.15, 0.2) is 0 Å². The lowest BCUT2D eigenvalue weighted by molar-refractivity contribution is 0.190. The fraction of sp³-hybridized carbons (Fsp3) is 1.00. The van der Waals surface area contributed by atoms with E-state index in [-0.39, 0.29) is 0 Å². The van der Waals surface area contributed by atoms with Gasteiger partial charge in [0.25, 0.3) is 0 Å². The molecule has 1 atom stereocenters. The predicted octanol–water partition coefficient (Wildman–Crippen LogP) is -0.199. The third-order valence-electron chi connectivity index (χ3n) is 2.92. The summed E-state index contributed by atoms with van der Waals surface area (Å²) in [4.78, 5) is 2.33. The standard InChI is InChI=1S/C9H18N2OS/c1-11(8-6-10-7-8)4-5-13(12)9-2-3-9/h8-10H,2-7H2,1H3. The zero-order valence-electron chi connectivity index (χ0n) is 8.16. The van der Waals surface area contributed by atoms with Crippen molar-refractivity contribution >= 4 is 10.8 Å². The van der Waals surface area contributed by atoms with Crippen molar-refractivity contribution in [3.05, 3.63) is 0 Å². The van der Waals surface area contributed by atoms with Crippen LogP contribution < -0.4 is 5.32 Å². The van der Waals surface area contributed by atoms with Gasteiger partial charge in [0.05, 0.1) is 0 Å². The summed E-state index contributed by atoms with van der Waals surface area (Å²) in [5.74, 6) is 0.873. The van der Waals surface area contributed by atoms with Gasteiger partial charge in [0.1, 0.15) is 0 Å². The SMILES string of the molecule is CN(CCS(=O)C1CC1)C1CNC1. The smallest absolute Gasteiger partial charge is 0.0365 e. The normalized spacial score (nSPS) is 26.0. The van der Waals surface area contributed by atoms with Gasteiger partial charge in [-0.05, 0) is 19.9 Å². The molecule has 0 aromatic rings. The lowest BCUT2D eigenvalue weighted by atomic mass is 10.1. The number of nitrogens with one attached hydrogen (secondary N) is 1. The van der Waals surface area contributed by atoms with Gasteiger partial charge in [0.15, 0.2) is 0 Å². The summed E-state index contributed by atoms with van der Waals surface area (Å²) in [6, 6.07) is 0.691. The average molecular weight is 202 g/mol. The Bertz CT molecular complexity index is 202. The van der Waals surface area contributed by atoms with Crippen LogP contribution >= 0.6 is 0 Å². The van der Waals surface area contributed by atoms with Crippen molar-refractivity contribution in [1.82, 2.24) is 10.2 Å². The van der Waals surface area contributed by atoms with E-state index in [1.807, 2.05) is 0 Å². The number of hydrogen-bond acceptors (Lipinski definition) is 3. The van der Waals surface area contributed by atoms with Crippen LogP contribution in [0, 0.1) is 0 Å². The molecule has 13 heavy (non-hydrogen) atoms. The fourth-order valence-corrected chi connectivity index (χ4v) is 2.96. The van der Waals surface area contributed by atoms with Gasteiger partial charge in [-0.2, -0.15) is 0 Å². The molecule has 2 rings (SSSR count). The van der Waals surface area contributed by atoms with Crippen molar-refractivity contribution in [1.29, 1.82) is 0 Å². The summed E-state index contributed by atoms with van der Waals surface area (Å²) in [6.07, 6.45) is 2.39. The zero-order chi connectivity index (χ0) is 9.26. The van der Waals surface area contributed by atoms with E-state index in [0.717, 1.165) is 25.4 Å². The summed E-state index contributed by atoms with van der Waals surface area (Å²) < 4.78 is 11.5. The first-order valence-corrected chi connectivity index (χ1v) is 6.43. The molecule has 1 N–H and O–H groups in total. The van der Waals surface area contributed by atoms with Crippen LogP contribution in [0.5, 0.6) is 0 Å². The molecule has 0 amide bonds. The van der Waals surface area contributed by atoms with Gasteiger partial charge >= 0.3 is 0 Å². The van der Waals surface area contributed by atoms with E-state index in [0.29, 0.717) is 11.3 Å². The van der Waals surface area contributed by atoms with Crippen LogP contribution in [0.1, 0.15) is 12.8 Å². The van der Waals surface area contributed by atoms with Crippen molar-refractivity contribution in [2.75, 3.05) is 32.4 Å². The van der Waals surface area contributed by atoms with Crippen LogP contribution in [-0.2, 0) is 10.8 Å². The molecule has 0 aromatic heterocycles. The van der Waals surface area contributed by atoms with Crippen LogP contribution in [0.3, 0.4) is 0 Å². The monoisotopic (exact) mass is 202 g/mol. The van der Waals surface area contributed by atoms with E-state index in [1.54, 1.807) is 0 Å². The van der Waals surface area contributed by atoms with Crippen molar-refractivity contribution in [3.63, 3.8) is 0 Å². The summed E-state index contributed by atoms with van der Waals surface area (Å²) in [5, 5.41) is 3.80. The maximum atomic E-state index is 11.5. The minimum Gasteiger partial charge on any atom is -0.314 e. The molecular formula is C9H18N2OS. The predicted molar refractivity (Wildman–Crippen MR) is 55.3 cm³/mol. The molecule has 2 aliphatic rings. The van der Waals surface area contributed by atoms with Crippen molar-refractivity contribution in [2.45, 2.75) is 24.1 Å². The van der Waals surface area contributed by atoms with Crippen LogP contribution in [0.4, 0.5) is 0 Å². The van der Waals surface area contributed by atoms with Crippen molar-refractivity contribution in [2.24, 2.45) is 0 Å². The van der Waals surface area contributed by atoms with E-state index in [4.69, 9.17) is 0 Å². The third-order valence-corrected chi connectivity index (χ3v) is 4.72. The molecule has 0 spiro atoms. The highest BCUT2D eigenvalue weighted by atomic mass is 32.2. The lowest BCUT2D eigenvalue weighted by Crippen LogP contribution is -2.56. The third kappa shape index (κ3) is 2.51. The van der Waals surface area contributed by atoms with E-state index in [1.165, 1.54) is 12.8 Å². The molecule has 4 heteroatoms. The first-order chi connectivity index (χ1) is 6.27. The summed E-state index contributed by atoms with van der Waals surface area (Å²) in [6.45, 7) is 3.20. The van der Waals surface area contributed by atoms with Crippen molar-refractivity contribution < 1.29 is 4.21 Å². The van der Waals surface area contributed by atoms with Gasteiger partial charge < -0.3 is 5.32 Å². The van der Waals surface area contributed by atoms with Crippen LogP contribution in [0.2, 0.25) is 0 Å². The Morgan fingerprint density at radius 3 is 2.62 bits per heavy atom. The maximum absolute atomic E-state index is 11.5. The van der Waals surface area contributed by atoms with E-state index >= 15 is 0 Å². The summed E-state index contributed by atoms with van der Waals surface area (Å²) in [5.41, 5.74) is 0. The topological polar surface area (TPSA) is 32.3 Å². The maximum Gasteiger partial charge on any atom is 0.0365 e. The Morgan fingerprint density at radius 2 is 2.15 bits per heavy atom. The number of nitrogens with zero attached hydrogens (tertiary/aromatic N) is 1. The molecule has 0 aromatic carbocycles. The Hall–Kier alpha value is 0.0700. The van der Waals surface area contributed by atoms with Gasteiger partial charge in [-0.3, -0.25) is 9.11 Å². The van der Waals surface area contributed by atoms with Crippen LogP contribution in [-0.4, -0.2) is 52.8 Å². The lowest BCUT2D eigenvalue weighted by Gasteiger charge is -2.35. The van der Waals surface area contributed by atoms with Gasteiger partial charge in [0, 0.05) is 47.5 Å². The molecule has 1 saturated carbocycles. The number of rotatable bonds is 5. The summed E-state index contributed by atoms with van der Waals surface area (Å²) >= 11 is 0. The molecule has 1 saturated heterocycles. The molecule has 2 fully saturated rings. The Morgan fingerprint density at radius 1 is 1.46 bits per heavy atom. The Balaban J connectivity index is 1.62. The number of hydrogen-bond donors (Lipinski definition) is 1. The van der Waals surface area contributed by atoms with Gasteiger partial charge in [-0.1, -0.05) is 0 Å².